The number of rotatable bonds is 57. The van der Waals surface area contributed by atoms with E-state index < -0.39 is 97.5 Å². The Labute approximate surface area is 454 Å². The fraction of sp³-hybridized carbons (Fsp3) is 0.929. The molecule has 5 atom stereocenters. The Morgan fingerprint density at radius 3 is 0.827 bits per heavy atom. The molecule has 0 spiro atoms. The van der Waals surface area contributed by atoms with Gasteiger partial charge in [-0.05, 0) is 25.7 Å². The highest BCUT2D eigenvalue weighted by Gasteiger charge is 2.30. The quantitative estimate of drug-likeness (QED) is 0.0222. The lowest BCUT2D eigenvalue weighted by Gasteiger charge is -2.21. The number of hydrogen-bond acceptors (Lipinski definition) is 15. The molecule has 3 N–H and O–H groups in total. The van der Waals surface area contributed by atoms with Crippen molar-refractivity contribution in [3.63, 3.8) is 0 Å². The van der Waals surface area contributed by atoms with Gasteiger partial charge in [-0.3, -0.25) is 37.3 Å². The van der Waals surface area contributed by atoms with E-state index in [-0.39, 0.29) is 25.7 Å². The van der Waals surface area contributed by atoms with Gasteiger partial charge in [0.25, 0.3) is 0 Å². The Morgan fingerprint density at radius 1 is 0.320 bits per heavy atom. The molecule has 2 unspecified atom stereocenters. The van der Waals surface area contributed by atoms with Crippen molar-refractivity contribution in [2.24, 2.45) is 0 Å². The summed E-state index contributed by atoms with van der Waals surface area (Å²) in [6.45, 7) is 4.54. The summed E-state index contributed by atoms with van der Waals surface area (Å²) >= 11 is 0. The van der Waals surface area contributed by atoms with Crippen LogP contribution in [-0.4, -0.2) is 96.7 Å². The number of carbonyl (C=O) groups is 4. The van der Waals surface area contributed by atoms with Crippen molar-refractivity contribution in [3.05, 3.63) is 0 Å². The van der Waals surface area contributed by atoms with Gasteiger partial charge in [-0.2, -0.15) is 0 Å². The van der Waals surface area contributed by atoms with Crippen LogP contribution >= 0.6 is 15.6 Å². The largest absolute Gasteiger partial charge is 0.472 e. The van der Waals surface area contributed by atoms with Crippen molar-refractivity contribution in [2.45, 2.75) is 296 Å². The number of unbranched alkanes of at least 4 members (excludes halogenated alkanes) is 31. The molecule has 0 aliphatic rings. The minimum absolute atomic E-state index is 0.104. The molecule has 0 aliphatic heterocycles. The van der Waals surface area contributed by atoms with Crippen LogP contribution in [0.2, 0.25) is 0 Å². The summed E-state index contributed by atoms with van der Waals surface area (Å²) in [6, 6.07) is 0. The van der Waals surface area contributed by atoms with E-state index >= 15 is 0 Å². The molecule has 0 aromatic rings. The van der Waals surface area contributed by atoms with Crippen LogP contribution < -0.4 is 0 Å². The van der Waals surface area contributed by atoms with Gasteiger partial charge in [0.1, 0.15) is 19.3 Å². The van der Waals surface area contributed by atoms with Crippen molar-refractivity contribution in [3.8, 4) is 0 Å². The van der Waals surface area contributed by atoms with Crippen molar-refractivity contribution in [2.75, 3.05) is 39.6 Å². The fourth-order valence-electron chi connectivity index (χ4n) is 8.20. The molecule has 0 radical (unpaired) electrons. The Hall–Kier alpha value is -1.94. The lowest BCUT2D eigenvalue weighted by atomic mass is 10.0. The molecule has 19 heteroatoms. The van der Waals surface area contributed by atoms with E-state index in [9.17, 15) is 43.2 Å². The van der Waals surface area contributed by atoms with Gasteiger partial charge in [0, 0.05) is 25.7 Å². The number of hydrogen-bond donors (Lipinski definition) is 3. The summed E-state index contributed by atoms with van der Waals surface area (Å²) in [5, 5.41) is 10.4. The summed E-state index contributed by atoms with van der Waals surface area (Å²) in [7, 11) is -9.84. The van der Waals surface area contributed by atoms with Gasteiger partial charge in [-0.25, -0.2) is 9.13 Å². The Bertz CT molecular complexity index is 1470. The highest BCUT2D eigenvalue weighted by atomic mass is 31.2. The lowest BCUT2D eigenvalue weighted by Crippen LogP contribution is -2.30. The van der Waals surface area contributed by atoms with E-state index in [2.05, 4.69) is 20.8 Å². The van der Waals surface area contributed by atoms with Crippen molar-refractivity contribution in [1.29, 1.82) is 0 Å². The third-order valence-electron chi connectivity index (χ3n) is 12.9. The summed E-state index contributed by atoms with van der Waals surface area (Å²) in [5.74, 6) is -2.18. The molecule has 0 aromatic carbocycles. The zero-order valence-electron chi connectivity index (χ0n) is 47.5. The molecule has 75 heavy (non-hydrogen) atoms. The third-order valence-corrected chi connectivity index (χ3v) is 14.8. The molecular weight excluding hydrogens is 1010 g/mol. The summed E-state index contributed by atoms with van der Waals surface area (Å²) < 4.78 is 67.1. The second-order valence-electron chi connectivity index (χ2n) is 20.3. The molecular formula is C56H108O17P2. The van der Waals surface area contributed by atoms with E-state index in [1.807, 2.05) is 6.92 Å². The van der Waals surface area contributed by atoms with Crippen LogP contribution in [0.15, 0.2) is 0 Å². The Balaban J connectivity index is 5.02. The molecule has 0 fully saturated rings. The predicted octanol–water partition coefficient (Wildman–Crippen LogP) is 14.8. The molecule has 444 valence electrons. The highest BCUT2D eigenvalue weighted by Crippen LogP contribution is 2.45. The van der Waals surface area contributed by atoms with E-state index in [0.29, 0.717) is 25.7 Å². The van der Waals surface area contributed by atoms with E-state index in [4.69, 9.17) is 37.0 Å². The number of ether oxygens (including phenoxy) is 4. The molecule has 0 saturated carbocycles. The van der Waals surface area contributed by atoms with E-state index in [1.165, 1.54) is 116 Å². The van der Waals surface area contributed by atoms with Gasteiger partial charge in [-0.15, -0.1) is 0 Å². The molecule has 0 saturated heterocycles. The van der Waals surface area contributed by atoms with Crippen LogP contribution in [0.5, 0.6) is 0 Å². The molecule has 0 heterocycles. The summed E-state index contributed by atoms with van der Waals surface area (Å²) in [4.78, 5) is 71.1. The lowest BCUT2D eigenvalue weighted by molar-refractivity contribution is -0.161. The zero-order chi connectivity index (χ0) is 55.5. The first-order valence-corrected chi connectivity index (χ1v) is 32.8. The van der Waals surface area contributed by atoms with Gasteiger partial charge in [0.05, 0.1) is 26.4 Å². The smallest absolute Gasteiger partial charge is 0.462 e. The third kappa shape index (κ3) is 51.3. The van der Waals surface area contributed by atoms with E-state index in [1.54, 1.807) is 0 Å². The predicted molar refractivity (Wildman–Crippen MR) is 294 cm³/mol. The maximum atomic E-state index is 12.9. The molecule has 0 aliphatic carbocycles. The van der Waals surface area contributed by atoms with Crippen LogP contribution in [0.25, 0.3) is 0 Å². The SMILES string of the molecule is CCCCCCCCCCCCCCCCCC(=O)OC[C@H](COP(=O)(O)OC[C@H](O)COP(=O)(O)OC[C@@H](COC(=O)CCCC)OC(=O)CCCCCCCCCCCC)OC(=O)CCCCCCCCCC. The standard InChI is InChI=1S/C56H108O17P2/c1-5-9-13-16-19-22-24-25-26-27-28-30-32-34-37-41-54(59)67-47-52(73-56(61)42-38-35-31-21-18-15-11-7-3)49-71-75(64,65)69-45-50(57)44-68-74(62,63)70-48-51(46-66-53(58)40-12-8-4)72-55(60)43-39-36-33-29-23-20-17-14-10-6-2/h50-52,57H,5-49H2,1-4H3,(H,62,63)(H,64,65)/t50-,51-,52-/m1/s1. The Kier molecular flexibility index (Phi) is 50.2. The fourth-order valence-corrected chi connectivity index (χ4v) is 9.78. The van der Waals surface area contributed by atoms with Crippen molar-refractivity contribution < 1.29 is 80.2 Å². The average molecular weight is 1120 g/mol. The number of phosphoric acid groups is 2. The summed E-state index contributed by atoms with van der Waals surface area (Å²) in [5.41, 5.74) is 0. The first-order chi connectivity index (χ1) is 36.2. The highest BCUT2D eigenvalue weighted by molar-refractivity contribution is 7.47. The zero-order valence-corrected chi connectivity index (χ0v) is 49.3. The molecule has 17 nitrogen and oxygen atoms in total. The number of aliphatic hydroxyl groups excluding tert-OH is 1. The van der Waals surface area contributed by atoms with Gasteiger partial charge in [0.15, 0.2) is 12.2 Å². The Morgan fingerprint density at radius 2 is 0.547 bits per heavy atom. The van der Waals surface area contributed by atoms with Crippen LogP contribution in [0, 0.1) is 0 Å². The number of phosphoric ester groups is 2. The van der Waals surface area contributed by atoms with Gasteiger partial charge in [-0.1, -0.05) is 227 Å². The number of aliphatic hydroxyl groups is 1. The molecule has 0 aromatic heterocycles. The first-order valence-electron chi connectivity index (χ1n) is 29.8. The van der Waals surface area contributed by atoms with Crippen LogP contribution in [-0.2, 0) is 65.4 Å². The maximum Gasteiger partial charge on any atom is 0.472 e. The van der Waals surface area contributed by atoms with Crippen LogP contribution in [0.3, 0.4) is 0 Å². The van der Waals surface area contributed by atoms with E-state index in [0.717, 1.165) is 83.5 Å². The second kappa shape index (κ2) is 51.5. The minimum atomic E-state index is -4.93. The second-order valence-corrected chi connectivity index (χ2v) is 23.2. The topological polar surface area (TPSA) is 237 Å². The van der Waals surface area contributed by atoms with Crippen molar-refractivity contribution >= 4 is 39.5 Å². The molecule has 0 bridgehead atoms. The maximum absolute atomic E-state index is 12.9. The van der Waals surface area contributed by atoms with Gasteiger partial charge in [0.2, 0.25) is 0 Å². The normalized spacial score (nSPS) is 14.4. The van der Waals surface area contributed by atoms with Gasteiger partial charge >= 0.3 is 39.5 Å². The number of carbonyl (C=O) groups excluding carboxylic acids is 4. The van der Waals surface area contributed by atoms with Gasteiger partial charge < -0.3 is 33.8 Å². The minimum Gasteiger partial charge on any atom is -0.462 e. The van der Waals surface area contributed by atoms with Crippen LogP contribution in [0.4, 0.5) is 0 Å². The monoisotopic (exact) mass is 1110 g/mol. The number of esters is 4. The molecule has 0 amide bonds. The summed E-state index contributed by atoms with van der Waals surface area (Å²) in [6.07, 6.45) is 34.7. The molecule has 0 rings (SSSR count). The van der Waals surface area contributed by atoms with Crippen molar-refractivity contribution in [1.82, 2.24) is 0 Å². The first kappa shape index (κ1) is 73.1. The van der Waals surface area contributed by atoms with Crippen LogP contribution in [0.1, 0.15) is 278 Å². The average Bonchev–Trinajstić information content (AvgIpc) is 3.38.